The standard InChI is InChI=1S/C21H22ClN3OS/c22-17-10-8-15(9-11-17)13-20-23-24-21(27-20)25-12-4-7-18(25)14-19(26)16-5-2-1-3-6-16/h1-3,5-6,8-11,18-19,26H,4,7,12-14H2. The zero-order valence-electron chi connectivity index (χ0n) is 15.0. The maximum absolute atomic E-state index is 10.6. The lowest BCUT2D eigenvalue weighted by atomic mass is 10.0. The number of benzene rings is 2. The van der Waals surface area contributed by atoms with E-state index in [0.29, 0.717) is 6.04 Å². The Morgan fingerprint density at radius 1 is 1.11 bits per heavy atom. The van der Waals surface area contributed by atoms with Crippen LogP contribution >= 0.6 is 22.9 Å². The van der Waals surface area contributed by atoms with Gasteiger partial charge in [0.2, 0.25) is 5.13 Å². The van der Waals surface area contributed by atoms with Gasteiger partial charge in [-0.1, -0.05) is 65.4 Å². The molecule has 0 aliphatic carbocycles. The first-order valence-corrected chi connectivity index (χ1v) is 10.4. The van der Waals surface area contributed by atoms with Gasteiger partial charge in [0.1, 0.15) is 5.01 Å². The van der Waals surface area contributed by atoms with Crippen LogP contribution in [0.5, 0.6) is 0 Å². The highest BCUT2D eigenvalue weighted by atomic mass is 35.5. The Morgan fingerprint density at radius 2 is 1.89 bits per heavy atom. The second kappa shape index (κ2) is 8.38. The molecular formula is C21H22ClN3OS. The van der Waals surface area contributed by atoms with Crippen LogP contribution in [0.15, 0.2) is 54.6 Å². The average Bonchev–Trinajstić information content (AvgIpc) is 3.33. The number of rotatable bonds is 6. The molecule has 140 valence electrons. The van der Waals surface area contributed by atoms with E-state index in [4.69, 9.17) is 11.6 Å². The van der Waals surface area contributed by atoms with Crippen molar-refractivity contribution in [2.75, 3.05) is 11.4 Å². The van der Waals surface area contributed by atoms with Crippen molar-refractivity contribution < 1.29 is 5.11 Å². The number of hydrogen-bond donors (Lipinski definition) is 1. The maximum Gasteiger partial charge on any atom is 0.208 e. The van der Waals surface area contributed by atoms with Gasteiger partial charge in [0, 0.05) is 24.0 Å². The predicted molar refractivity (Wildman–Crippen MR) is 111 cm³/mol. The number of aliphatic hydroxyl groups is 1. The van der Waals surface area contributed by atoms with Crippen LogP contribution in [0, 0.1) is 0 Å². The third-order valence-electron chi connectivity index (χ3n) is 5.03. The Hall–Kier alpha value is -1.95. The van der Waals surface area contributed by atoms with E-state index < -0.39 is 6.10 Å². The molecule has 0 radical (unpaired) electrons. The van der Waals surface area contributed by atoms with Gasteiger partial charge >= 0.3 is 0 Å². The highest BCUT2D eigenvalue weighted by Gasteiger charge is 2.29. The van der Waals surface area contributed by atoms with Gasteiger partial charge in [-0.3, -0.25) is 0 Å². The van der Waals surface area contributed by atoms with E-state index in [1.54, 1.807) is 11.3 Å². The van der Waals surface area contributed by atoms with Crippen molar-refractivity contribution in [1.29, 1.82) is 0 Å². The molecule has 2 heterocycles. The monoisotopic (exact) mass is 399 g/mol. The lowest BCUT2D eigenvalue weighted by molar-refractivity contribution is 0.158. The molecule has 1 fully saturated rings. The minimum absolute atomic E-state index is 0.302. The molecule has 1 N–H and O–H groups in total. The van der Waals surface area contributed by atoms with Crippen molar-refractivity contribution in [1.82, 2.24) is 10.2 Å². The van der Waals surface area contributed by atoms with Gasteiger partial charge in [-0.15, -0.1) is 10.2 Å². The van der Waals surface area contributed by atoms with Crippen LogP contribution in [0.2, 0.25) is 5.02 Å². The summed E-state index contributed by atoms with van der Waals surface area (Å²) >= 11 is 7.60. The Balaban J connectivity index is 1.43. The van der Waals surface area contributed by atoms with Crippen LogP contribution < -0.4 is 4.90 Å². The average molecular weight is 400 g/mol. The summed E-state index contributed by atoms with van der Waals surface area (Å²) in [6, 6.07) is 18.0. The highest BCUT2D eigenvalue weighted by Crippen LogP contribution is 2.33. The molecule has 1 aliphatic heterocycles. The summed E-state index contributed by atoms with van der Waals surface area (Å²) in [7, 11) is 0. The summed E-state index contributed by atoms with van der Waals surface area (Å²) in [5, 5.41) is 22.1. The molecule has 0 amide bonds. The second-order valence-corrected chi connectivity index (χ2v) is 8.41. The van der Waals surface area contributed by atoms with Crippen molar-refractivity contribution in [3.8, 4) is 0 Å². The SMILES string of the molecule is OC(CC1CCCN1c1nnc(Cc2ccc(Cl)cc2)s1)c1ccccc1. The third-order valence-corrected chi connectivity index (χ3v) is 6.24. The molecular weight excluding hydrogens is 378 g/mol. The normalized spacial score (nSPS) is 18.0. The summed E-state index contributed by atoms with van der Waals surface area (Å²) in [4.78, 5) is 2.31. The Kier molecular flexibility index (Phi) is 5.72. The van der Waals surface area contributed by atoms with Gasteiger partial charge in [0.15, 0.2) is 0 Å². The Morgan fingerprint density at radius 3 is 2.67 bits per heavy atom. The minimum atomic E-state index is -0.446. The molecule has 0 spiro atoms. The van der Waals surface area contributed by atoms with Crippen LogP contribution in [0.25, 0.3) is 0 Å². The fourth-order valence-corrected chi connectivity index (χ4v) is 4.71. The van der Waals surface area contributed by atoms with Crippen molar-refractivity contribution >= 4 is 28.1 Å². The fourth-order valence-electron chi connectivity index (χ4n) is 3.61. The summed E-state index contributed by atoms with van der Waals surface area (Å²) in [5.41, 5.74) is 2.16. The number of hydrogen-bond acceptors (Lipinski definition) is 5. The summed E-state index contributed by atoms with van der Waals surface area (Å²) in [6.07, 6.45) is 3.24. The van der Waals surface area contributed by atoms with E-state index in [-0.39, 0.29) is 0 Å². The quantitative estimate of drug-likeness (QED) is 0.642. The molecule has 0 bridgehead atoms. The molecule has 1 aliphatic rings. The first-order valence-electron chi connectivity index (χ1n) is 9.25. The number of halogens is 1. The van der Waals surface area contributed by atoms with Crippen molar-refractivity contribution in [2.45, 2.75) is 37.8 Å². The largest absolute Gasteiger partial charge is 0.388 e. The summed E-state index contributed by atoms with van der Waals surface area (Å²) in [6.45, 7) is 0.974. The second-order valence-electron chi connectivity index (χ2n) is 6.93. The first kappa shape index (κ1) is 18.4. The topological polar surface area (TPSA) is 49.2 Å². The van der Waals surface area contributed by atoms with Crippen molar-refractivity contribution in [3.05, 3.63) is 75.8 Å². The number of nitrogens with zero attached hydrogens (tertiary/aromatic N) is 3. The molecule has 27 heavy (non-hydrogen) atoms. The zero-order valence-corrected chi connectivity index (χ0v) is 16.5. The van der Waals surface area contributed by atoms with Gasteiger partial charge in [-0.2, -0.15) is 0 Å². The minimum Gasteiger partial charge on any atom is -0.388 e. The zero-order chi connectivity index (χ0) is 18.6. The first-order chi connectivity index (χ1) is 13.2. The van der Waals surface area contributed by atoms with Crippen LogP contribution in [0.1, 0.15) is 41.5 Å². The van der Waals surface area contributed by atoms with Gasteiger partial charge < -0.3 is 10.0 Å². The predicted octanol–water partition coefficient (Wildman–Crippen LogP) is 4.87. The molecule has 3 aromatic rings. The van der Waals surface area contributed by atoms with Crippen molar-refractivity contribution in [2.24, 2.45) is 0 Å². The Bertz CT molecular complexity index is 869. The fraction of sp³-hybridized carbons (Fsp3) is 0.333. The Labute approximate surface area is 168 Å². The number of anilines is 1. The summed E-state index contributed by atoms with van der Waals surface area (Å²) < 4.78 is 0. The molecule has 1 saturated heterocycles. The van der Waals surface area contributed by atoms with Crippen LogP contribution in [0.4, 0.5) is 5.13 Å². The van der Waals surface area contributed by atoms with Gasteiger partial charge in [0.25, 0.3) is 0 Å². The van der Waals surface area contributed by atoms with E-state index in [9.17, 15) is 5.11 Å². The van der Waals surface area contributed by atoms with E-state index in [0.717, 1.165) is 53.0 Å². The summed E-state index contributed by atoms with van der Waals surface area (Å²) in [5.74, 6) is 0. The molecule has 6 heteroatoms. The van der Waals surface area contributed by atoms with Crippen LogP contribution in [0.3, 0.4) is 0 Å². The molecule has 0 saturated carbocycles. The van der Waals surface area contributed by atoms with Crippen molar-refractivity contribution in [3.63, 3.8) is 0 Å². The van der Waals surface area contributed by atoms with E-state index in [2.05, 4.69) is 15.1 Å². The lowest BCUT2D eigenvalue weighted by Crippen LogP contribution is -2.30. The molecule has 2 atom stereocenters. The lowest BCUT2D eigenvalue weighted by Gasteiger charge is -2.25. The molecule has 2 unspecified atom stereocenters. The number of aliphatic hydroxyl groups excluding tert-OH is 1. The highest BCUT2D eigenvalue weighted by molar-refractivity contribution is 7.15. The molecule has 4 rings (SSSR count). The van der Waals surface area contributed by atoms with E-state index >= 15 is 0 Å². The van der Waals surface area contributed by atoms with Gasteiger partial charge in [0.05, 0.1) is 6.10 Å². The number of aromatic nitrogens is 2. The maximum atomic E-state index is 10.6. The molecule has 4 nitrogen and oxygen atoms in total. The van der Waals surface area contributed by atoms with Gasteiger partial charge in [-0.05, 0) is 42.5 Å². The smallest absolute Gasteiger partial charge is 0.208 e. The van der Waals surface area contributed by atoms with Crippen LogP contribution in [-0.2, 0) is 6.42 Å². The molecule has 1 aromatic heterocycles. The van der Waals surface area contributed by atoms with E-state index in [1.807, 2.05) is 54.6 Å². The molecule has 2 aromatic carbocycles. The third kappa shape index (κ3) is 4.49. The van der Waals surface area contributed by atoms with Crippen LogP contribution in [-0.4, -0.2) is 27.9 Å². The van der Waals surface area contributed by atoms with E-state index in [1.165, 1.54) is 5.56 Å². The van der Waals surface area contributed by atoms with Gasteiger partial charge in [-0.25, -0.2) is 0 Å².